The van der Waals surface area contributed by atoms with E-state index < -0.39 is 0 Å². The van der Waals surface area contributed by atoms with Crippen LogP contribution in [0.3, 0.4) is 0 Å². The number of para-hydroxylation sites is 1. The second-order valence-electron chi connectivity index (χ2n) is 4.52. The average molecular weight is 311 g/mol. The molecule has 0 radical (unpaired) electrons. The largest absolute Gasteiger partial charge is 0.241 e. The molecule has 0 atom stereocenters. The molecule has 0 spiro atoms. The van der Waals surface area contributed by atoms with E-state index in [-0.39, 0.29) is 0 Å². The van der Waals surface area contributed by atoms with Crippen molar-refractivity contribution in [2.45, 2.75) is 10.8 Å². The molecule has 3 aromatic rings. The normalized spacial score (nSPS) is 10.5. The molecular weight excluding hydrogens is 300 g/mol. The van der Waals surface area contributed by atoms with Crippen LogP contribution in [0.25, 0.3) is 10.9 Å². The number of thioether (sulfide) groups is 1. The van der Waals surface area contributed by atoms with Gasteiger partial charge in [-0.2, -0.15) is 5.26 Å². The Bertz CT molecular complexity index is 840. The van der Waals surface area contributed by atoms with Gasteiger partial charge in [-0.05, 0) is 23.8 Å². The molecule has 1 heterocycles. The van der Waals surface area contributed by atoms with Crippen LogP contribution >= 0.6 is 23.4 Å². The highest BCUT2D eigenvalue weighted by atomic mass is 35.5. The molecule has 0 saturated carbocycles. The van der Waals surface area contributed by atoms with Gasteiger partial charge in [-0.15, -0.1) is 11.8 Å². The summed E-state index contributed by atoms with van der Waals surface area (Å²) in [5, 5.41) is 11.8. The van der Waals surface area contributed by atoms with Crippen molar-refractivity contribution in [2.24, 2.45) is 0 Å². The molecule has 2 aromatic carbocycles. The lowest BCUT2D eigenvalue weighted by atomic mass is 10.1. The van der Waals surface area contributed by atoms with Crippen LogP contribution in [-0.2, 0) is 5.75 Å². The minimum absolute atomic E-state index is 0.655. The molecule has 0 aliphatic rings. The Kier molecular flexibility index (Phi) is 4.10. The smallest absolute Gasteiger partial charge is 0.0999 e. The van der Waals surface area contributed by atoms with Crippen LogP contribution < -0.4 is 0 Å². The number of halogens is 1. The first kappa shape index (κ1) is 13.9. The lowest BCUT2D eigenvalue weighted by molar-refractivity contribution is 1.18. The molecule has 2 nitrogen and oxygen atoms in total. The lowest BCUT2D eigenvalue weighted by Crippen LogP contribution is -1.89. The molecule has 0 N–H and O–H groups in total. The molecular formula is C17H11ClN2S. The molecule has 0 saturated heterocycles. The van der Waals surface area contributed by atoms with Crippen molar-refractivity contribution < 1.29 is 0 Å². The summed E-state index contributed by atoms with van der Waals surface area (Å²) in [4.78, 5) is 4.60. The van der Waals surface area contributed by atoms with Crippen molar-refractivity contribution >= 4 is 34.3 Å². The summed E-state index contributed by atoms with van der Waals surface area (Å²) in [5.41, 5.74) is 2.57. The van der Waals surface area contributed by atoms with Gasteiger partial charge in [0, 0.05) is 16.2 Å². The fourth-order valence-corrected chi connectivity index (χ4v) is 3.29. The third-order valence-corrected chi connectivity index (χ3v) is 4.48. The summed E-state index contributed by atoms with van der Waals surface area (Å²) in [6.07, 6.45) is 0. The third-order valence-electron chi connectivity index (χ3n) is 3.15. The van der Waals surface area contributed by atoms with Gasteiger partial charge in [0.2, 0.25) is 0 Å². The molecule has 0 fully saturated rings. The fourth-order valence-electron chi connectivity index (χ4n) is 2.08. The number of nitrogens with zero attached hydrogens (tertiary/aromatic N) is 2. The molecule has 1 aromatic heterocycles. The second-order valence-corrected chi connectivity index (χ2v) is 5.92. The van der Waals surface area contributed by atoms with Crippen LogP contribution in [-0.4, -0.2) is 4.98 Å². The van der Waals surface area contributed by atoms with E-state index >= 15 is 0 Å². The lowest BCUT2D eigenvalue weighted by Gasteiger charge is -2.06. The Morgan fingerprint density at radius 1 is 1.10 bits per heavy atom. The maximum absolute atomic E-state index is 9.28. The van der Waals surface area contributed by atoms with Crippen LogP contribution in [0.1, 0.15) is 11.1 Å². The Morgan fingerprint density at radius 3 is 2.67 bits per heavy atom. The number of pyridine rings is 1. The predicted molar refractivity (Wildman–Crippen MR) is 87.5 cm³/mol. The third kappa shape index (κ3) is 3.02. The summed E-state index contributed by atoms with van der Waals surface area (Å²) in [7, 11) is 0. The SMILES string of the molecule is N#Cc1cc(SCc2ccccc2Cl)nc2ccccc12. The monoisotopic (exact) mass is 310 g/mol. The summed E-state index contributed by atoms with van der Waals surface area (Å²) < 4.78 is 0. The first-order valence-corrected chi connectivity index (χ1v) is 7.80. The maximum Gasteiger partial charge on any atom is 0.0999 e. The van der Waals surface area contributed by atoms with E-state index in [1.165, 1.54) is 0 Å². The van der Waals surface area contributed by atoms with Crippen LogP contribution in [0.5, 0.6) is 0 Å². The number of benzene rings is 2. The minimum atomic E-state index is 0.655. The van der Waals surface area contributed by atoms with Gasteiger partial charge in [0.25, 0.3) is 0 Å². The van der Waals surface area contributed by atoms with Crippen LogP contribution in [0.2, 0.25) is 5.02 Å². The van der Waals surface area contributed by atoms with E-state index in [4.69, 9.17) is 11.6 Å². The van der Waals surface area contributed by atoms with E-state index in [1.807, 2.05) is 54.6 Å². The summed E-state index contributed by atoms with van der Waals surface area (Å²) >= 11 is 7.74. The second kappa shape index (κ2) is 6.17. The first-order chi connectivity index (χ1) is 10.3. The Balaban J connectivity index is 1.91. The highest BCUT2D eigenvalue weighted by Gasteiger charge is 2.07. The van der Waals surface area contributed by atoms with Gasteiger partial charge in [0.15, 0.2) is 0 Å². The Hall–Kier alpha value is -2.02. The van der Waals surface area contributed by atoms with Crippen LogP contribution in [0, 0.1) is 11.3 Å². The van der Waals surface area contributed by atoms with Crippen molar-refractivity contribution in [2.75, 3.05) is 0 Å². The van der Waals surface area contributed by atoms with Gasteiger partial charge in [0.05, 0.1) is 22.2 Å². The van der Waals surface area contributed by atoms with Crippen molar-refractivity contribution in [3.05, 3.63) is 70.7 Å². The standard InChI is InChI=1S/C17H11ClN2S/c18-15-7-3-1-5-12(15)11-21-17-9-13(10-19)14-6-2-4-8-16(14)20-17/h1-9H,11H2. The summed E-state index contributed by atoms with van der Waals surface area (Å²) in [6.45, 7) is 0. The first-order valence-electron chi connectivity index (χ1n) is 6.44. The highest BCUT2D eigenvalue weighted by molar-refractivity contribution is 7.98. The van der Waals surface area contributed by atoms with Gasteiger partial charge in [-0.1, -0.05) is 48.0 Å². The summed E-state index contributed by atoms with van der Waals surface area (Å²) in [5.74, 6) is 0.732. The topological polar surface area (TPSA) is 36.7 Å². The molecule has 0 aliphatic heterocycles. The average Bonchev–Trinajstić information content (AvgIpc) is 2.53. The van der Waals surface area contributed by atoms with Crippen molar-refractivity contribution in [3.63, 3.8) is 0 Å². The minimum Gasteiger partial charge on any atom is -0.241 e. The Labute approximate surface area is 132 Å². The molecule has 4 heteroatoms. The number of rotatable bonds is 3. The molecule has 0 unspecified atom stereocenters. The summed E-state index contributed by atoms with van der Waals surface area (Å²) in [6, 6.07) is 19.5. The van der Waals surface area contributed by atoms with Gasteiger partial charge >= 0.3 is 0 Å². The zero-order valence-electron chi connectivity index (χ0n) is 11.1. The van der Waals surface area contributed by atoms with Crippen LogP contribution in [0.15, 0.2) is 59.6 Å². The molecule has 21 heavy (non-hydrogen) atoms. The van der Waals surface area contributed by atoms with Crippen molar-refractivity contribution in [1.29, 1.82) is 5.26 Å². The molecule has 0 bridgehead atoms. The number of aromatic nitrogens is 1. The maximum atomic E-state index is 9.28. The quantitative estimate of drug-likeness (QED) is 0.635. The number of nitriles is 1. The van der Waals surface area contributed by atoms with E-state index in [2.05, 4.69) is 11.1 Å². The Morgan fingerprint density at radius 2 is 1.86 bits per heavy atom. The van der Waals surface area contributed by atoms with E-state index in [1.54, 1.807) is 11.8 Å². The van der Waals surface area contributed by atoms with E-state index in [0.29, 0.717) is 5.56 Å². The number of hydrogen-bond acceptors (Lipinski definition) is 3. The predicted octanol–water partition coefficient (Wildman–Crippen LogP) is 5.05. The van der Waals surface area contributed by atoms with Crippen molar-refractivity contribution in [1.82, 2.24) is 4.98 Å². The van der Waals surface area contributed by atoms with E-state index in [0.717, 1.165) is 32.3 Å². The molecule has 3 rings (SSSR count). The molecule has 0 amide bonds. The number of hydrogen-bond donors (Lipinski definition) is 0. The van der Waals surface area contributed by atoms with Gasteiger partial charge in [0.1, 0.15) is 0 Å². The highest BCUT2D eigenvalue weighted by Crippen LogP contribution is 2.28. The van der Waals surface area contributed by atoms with Gasteiger partial charge < -0.3 is 0 Å². The molecule has 0 aliphatic carbocycles. The zero-order valence-corrected chi connectivity index (χ0v) is 12.7. The molecule has 102 valence electrons. The zero-order chi connectivity index (χ0) is 14.7. The van der Waals surface area contributed by atoms with Crippen LogP contribution in [0.4, 0.5) is 0 Å². The van der Waals surface area contributed by atoms with Crippen molar-refractivity contribution in [3.8, 4) is 6.07 Å². The number of fused-ring (bicyclic) bond motifs is 1. The van der Waals surface area contributed by atoms with Gasteiger partial charge in [-0.25, -0.2) is 4.98 Å². The van der Waals surface area contributed by atoms with E-state index in [9.17, 15) is 5.26 Å². The van der Waals surface area contributed by atoms with Gasteiger partial charge in [-0.3, -0.25) is 0 Å². The fraction of sp³-hybridized carbons (Fsp3) is 0.0588.